The van der Waals surface area contributed by atoms with Crippen LogP contribution in [0.25, 0.3) is 0 Å². The Morgan fingerprint density at radius 1 is 1.00 bits per heavy atom. The molecule has 0 fully saturated rings. The molecule has 4 nitrogen and oxygen atoms in total. The van der Waals surface area contributed by atoms with E-state index in [1.807, 2.05) is 49.4 Å². The third kappa shape index (κ3) is 5.07. The average molecular weight is 364 g/mol. The summed E-state index contributed by atoms with van der Waals surface area (Å²) < 4.78 is 18.6. The lowest BCUT2D eigenvalue weighted by molar-refractivity contribution is -0.115. The third-order valence-electron chi connectivity index (χ3n) is 4.06. The minimum absolute atomic E-state index is 0.123. The molecule has 27 heavy (non-hydrogen) atoms. The van der Waals surface area contributed by atoms with Gasteiger partial charge in [0, 0.05) is 11.4 Å². The normalized spacial score (nSPS) is 10.3. The van der Waals surface area contributed by atoms with E-state index in [0.29, 0.717) is 11.3 Å². The molecule has 0 heterocycles. The van der Waals surface area contributed by atoms with Gasteiger partial charge in [-0.2, -0.15) is 0 Å². The monoisotopic (exact) mass is 364 g/mol. The fourth-order valence-electron chi connectivity index (χ4n) is 2.75. The number of halogens is 1. The Kier molecular flexibility index (Phi) is 5.71. The van der Waals surface area contributed by atoms with Crippen molar-refractivity contribution in [3.8, 4) is 5.75 Å². The van der Waals surface area contributed by atoms with Crippen LogP contribution in [0.4, 0.5) is 21.5 Å². The van der Waals surface area contributed by atoms with Crippen LogP contribution in [-0.4, -0.2) is 13.0 Å². The second kappa shape index (κ2) is 8.36. The van der Waals surface area contributed by atoms with E-state index in [2.05, 4.69) is 10.6 Å². The van der Waals surface area contributed by atoms with Gasteiger partial charge in [-0.3, -0.25) is 4.79 Å². The minimum atomic E-state index is -0.345. The average Bonchev–Trinajstić information content (AvgIpc) is 2.63. The summed E-state index contributed by atoms with van der Waals surface area (Å²) in [5.41, 5.74) is 4.19. The van der Waals surface area contributed by atoms with E-state index in [9.17, 15) is 9.18 Å². The molecule has 2 N–H and O–H groups in total. The Labute approximate surface area is 158 Å². The Morgan fingerprint density at radius 3 is 2.44 bits per heavy atom. The lowest BCUT2D eigenvalue weighted by Crippen LogP contribution is -2.14. The first-order valence-electron chi connectivity index (χ1n) is 8.59. The number of amides is 1. The number of aryl methyl sites for hydroxylation is 1. The summed E-state index contributed by atoms with van der Waals surface area (Å²) in [6.07, 6.45) is 0.123. The molecule has 3 aromatic rings. The molecule has 3 aromatic carbocycles. The van der Waals surface area contributed by atoms with Gasteiger partial charge in [-0.25, -0.2) is 4.39 Å². The number of nitrogens with one attached hydrogen (secondary N) is 2. The minimum Gasteiger partial charge on any atom is -0.495 e. The van der Waals surface area contributed by atoms with Crippen molar-refractivity contribution in [1.82, 2.24) is 0 Å². The molecule has 0 atom stereocenters. The Hall–Kier alpha value is -3.34. The van der Waals surface area contributed by atoms with Crippen LogP contribution < -0.4 is 15.4 Å². The standard InChI is InChI=1S/C22H21FN2O2/c1-15-6-11-21(27-2)20(12-15)24-18-7-9-19(10-8-18)25-22(26)14-16-4-3-5-17(23)13-16/h3-13,24H,14H2,1-2H3,(H,25,26). The molecule has 0 aliphatic rings. The van der Waals surface area contributed by atoms with Crippen molar-refractivity contribution in [2.75, 3.05) is 17.7 Å². The summed E-state index contributed by atoms with van der Waals surface area (Å²) in [5.74, 6) is 0.219. The quantitative estimate of drug-likeness (QED) is 0.642. The van der Waals surface area contributed by atoms with Crippen molar-refractivity contribution in [3.05, 3.63) is 83.7 Å². The molecule has 0 aromatic heterocycles. The van der Waals surface area contributed by atoms with E-state index in [1.54, 1.807) is 19.2 Å². The van der Waals surface area contributed by atoms with Gasteiger partial charge in [0.15, 0.2) is 0 Å². The maximum absolute atomic E-state index is 13.2. The molecular formula is C22H21FN2O2. The molecule has 0 bridgehead atoms. The Balaban J connectivity index is 1.63. The van der Waals surface area contributed by atoms with E-state index in [-0.39, 0.29) is 18.1 Å². The first-order valence-corrected chi connectivity index (χ1v) is 8.59. The van der Waals surface area contributed by atoms with Gasteiger partial charge in [-0.05, 0) is 66.6 Å². The topological polar surface area (TPSA) is 50.4 Å². The molecule has 138 valence electrons. The van der Waals surface area contributed by atoms with Crippen LogP contribution in [0.15, 0.2) is 66.7 Å². The van der Waals surface area contributed by atoms with Gasteiger partial charge in [0.05, 0.1) is 19.2 Å². The second-order valence-electron chi connectivity index (χ2n) is 6.26. The zero-order valence-electron chi connectivity index (χ0n) is 15.3. The number of methoxy groups -OCH3 is 1. The van der Waals surface area contributed by atoms with Crippen molar-refractivity contribution < 1.29 is 13.9 Å². The summed E-state index contributed by atoms with van der Waals surface area (Å²) >= 11 is 0. The van der Waals surface area contributed by atoms with Crippen LogP contribution in [0.5, 0.6) is 5.75 Å². The molecule has 1 amide bonds. The van der Waals surface area contributed by atoms with Crippen LogP contribution in [-0.2, 0) is 11.2 Å². The largest absolute Gasteiger partial charge is 0.495 e. The zero-order chi connectivity index (χ0) is 19.2. The van der Waals surface area contributed by atoms with Gasteiger partial charge >= 0.3 is 0 Å². The number of carbonyl (C=O) groups excluding carboxylic acids is 1. The predicted octanol–water partition coefficient (Wildman–Crippen LogP) is 5.07. The van der Waals surface area contributed by atoms with E-state index >= 15 is 0 Å². The lowest BCUT2D eigenvalue weighted by atomic mass is 10.1. The summed E-state index contributed by atoms with van der Waals surface area (Å²) in [5, 5.41) is 6.13. The van der Waals surface area contributed by atoms with E-state index in [4.69, 9.17) is 4.74 Å². The van der Waals surface area contributed by atoms with Crippen LogP contribution >= 0.6 is 0 Å². The summed E-state index contributed by atoms with van der Waals surface area (Å²) in [7, 11) is 1.63. The number of rotatable bonds is 6. The molecule has 0 spiro atoms. The molecule has 0 aliphatic carbocycles. The molecule has 0 aliphatic heterocycles. The molecule has 0 radical (unpaired) electrons. The number of carbonyl (C=O) groups is 1. The Bertz CT molecular complexity index is 939. The van der Waals surface area contributed by atoms with Gasteiger partial charge in [0.2, 0.25) is 5.91 Å². The maximum Gasteiger partial charge on any atom is 0.228 e. The number of hydrogen-bond donors (Lipinski definition) is 2. The highest BCUT2D eigenvalue weighted by molar-refractivity contribution is 5.92. The van der Waals surface area contributed by atoms with Gasteiger partial charge in [0.25, 0.3) is 0 Å². The van der Waals surface area contributed by atoms with Gasteiger partial charge in [-0.1, -0.05) is 18.2 Å². The van der Waals surface area contributed by atoms with Crippen molar-refractivity contribution in [3.63, 3.8) is 0 Å². The fourth-order valence-corrected chi connectivity index (χ4v) is 2.75. The molecule has 0 unspecified atom stereocenters. The highest BCUT2D eigenvalue weighted by Gasteiger charge is 2.07. The number of hydrogen-bond acceptors (Lipinski definition) is 3. The number of benzene rings is 3. The number of ether oxygens (including phenoxy) is 1. The summed E-state index contributed by atoms with van der Waals surface area (Å²) in [6.45, 7) is 2.02. The number of anilines is 3. The third-order valence-corrected chi connectivity index (χ3v) is 4.06. The van der Waals surface area contributed by atoms with Crippen LogP contribution in [0, 0.1) is 12.7 Å². The first-order chi connectivity index (χ1) is 13.0. The summed E-state index contributed by atoms with van der Waals surface area (Å²) in [4.78, 5) is 12.1. The van der Waals surface area contributed by atoms with Gasteiger partial charge in [0.1, 0.15) is 11.6 Å². The van der Waals surface area contributed by atoms with E-state index in [0.717, 1.165) is 22.7 Å². The van der Waals surface area contributed by atoms with Crippen molar-refractivity contribution >= 4 is 23.0 Å². The van der Waals surface area contributed by atoms with Crippen molar-refractivity contribution in [2.45, 2.75) is 13.3 Å². The van der Waals surface area contributed by atoms with Crippen LogP contribution in [0.1, 0.15) is 11.1 Å². The fraction of sp³-hybridized carbons (Fsp3) is 0.136. The predicted molar refractivity (Wildman–Crippen MR) is 106 cm³/mol. The highest BCUT2D eigenvalue weighted by Crippen LogP contribution is 2.29. The molecule has 0 saturated carbocycles. The van der Waals surface area contributed by atoms with Gasteiger partial charge < -0.3 is 15.4 Å². The Morgan fingerprint density at radius 2 is 1.74 bits per heavy atom. The second-order valence-corrected chi connectivity index (χ2v) is 6.26. The smallest absolute Gasteiger partial charge is 0.228 e. The zero-order valence-corrected chi connectivity index (χ0v) is 15.3. The van der Waals surface area contributed by atoms with E-state index in [1.165, 1.54) is 12.1 Å². The highest BCUT2D eigenvalue weighted by atomic mass is 19.1. The molecule has 0 saturated heterocycles. The van der Waals surface area contributed by atoms with Crippen LogP contribution in [0.2, 0.25) is 0 Å². The SMILES string of the molecule is COc1ccc(C)cc1Nc1ccc(NC(=O)Cc2cccc(F)c2)cc1. The van der Waals surface area contributed by atoms with Gasteiger partial charge in [-0.15, -0.1) is 0 Å². The first kappa shape index (κ1) is 18.5. The van der Waals surface area contributed by atoms with E-state index < -0.39 is 0 Å². The van der Waals surface area contributed by atoms with Crippen molar-refractivity contribution in [2.24, 2.45) is 0 Å². The van der Waals surface area contributed by atoms with Crippen LogP contribution in [0.3, 0.4) is 0 Å². The van der Waals surface area contributed by atoms with Crippen molar-refractivity contribution in [1.29, 1.82) is 0 Å². The molecule has 5 heteroatoms. The summed E-state index contributed by atoms with van der Waals surface area (Å²) in [6, 6.07) is 19.3. The maximum atomic E-state index is 13.2. The lowest BCUT2D eigenvalue weighted by Gasteiger charge is -2.13. The molecule has 3 rings (SSSR count). The molecular weight excluding hydrogens is 343 g/mol.